The zero-order valence-electron chi connectivity index (χ0n) is 17.8. The van der Waals surface area contributed by atoms with Crippen molar-refractivity contribution in [2.24, 2.45) is 0 Å². The molecule has 5 nitrogen and oxygen atoms in total. The fraction of sp³-hybridized carbons (Fsp3) is 1.00. The number of ether oxygens (including phenoxy) is 2. The molecule has 23 heavy (non-hydrogen) atoms. The van der Waals surface area contributed by atoms with Crippen molar-refractivity contribution in [1.82, 2.24) is 14.7 Å². The summed E-state index contributed by atoms with van der Waals surface area (Å²) in [6.45, 7) is 12.6. The summed E-state index contributed by atoms with van der Waals surface area (Å²) in [7, 11) is 12.2. The number of hydrogen-bond acceptors (Lipinski definition) is 5. The minimum absolute atomic E-state index is 0.137. The molecule has 0 saturated carbocycles. The molecule has 2 unspecified atom stereocenters. The maximum Gasteiger partial charge on any atom is 0.218 e. The van der Waals surface area contributed by atoms with Gasteiger partial charge in [0.15, 0.2) is 0 Å². The van der Waals surface area contributed by atoms with Gasteiger partial charge in [-0.3, -0.25) is 14.7 Å². The Morgan fingerprint density at radius 2 is 1.26 bits per heavy atom. The van der Waals surface area contributed by atoms with Crippen molar-refractivity contribution in [3.8, 4) is 0 Å². The fourth-order valence-corrected chi connectivity index (χ4v) is 1.37. The quantitative estimate of drug-likeness (QED) is 0.604. The van der Waals surface area contributed by atoms with Gasteiger partial charge in [0.2, 0.25) is 6.41 Å². The highest BCUT2D eigenvalue weighted by molar-refractivity contribution is 4.66. The van der Waals surface area contributed by atoms with Crippen LogP contribution in [0.15, 0.2) is 0 Å². The molecule has 142 valence electrons. The predicted molar refractivity (Wildman–Crippen MR) is 101 cm³/mol. The lowest BCUT2D eigenvalue weighted by atomic mass is 10.1. The van der Waals surface area contributed by atoms with Crippen LogP contribution in [-0.4, -0.2) is 81.3 Å². The average molecular weight is 334 g/mol. The predicted octanol–water partition coefficient (Wildman–Crippen LogP) is 3.31. The molecular weight excluding hydrogens is 290 g/mol. The van der Waals surface area contributed by atoms with Crippen molar-refractivity contribution in [2.75, 3.05) is 42.3 Å². The van der Waals surface area contributed by atoms with Crippen LogP contribution >= 0.6 is 0 Å². The topological polar surface area (TPSA) is 28.2 Å². The van der Waals surface area contributed by atoms with Gasteiger partial charge in [-0.2, -0.15) is 0 Å². The van der Waals surface area contributed by atoms with E-state index in [-0.39, 0.29) is 18.1 Å². The molecule has 0 aromatic heterocycles. The van der Waals surface area contributed by atoms with E-state index in [1.807, 2.05) is 19.0 Å². The Labute approximate surface area is 145 Å². The zero-order valence-corrected chi connectivity index (χ0v) is 17.8. The van der Waals surface area contributed by atoms with E-state index < -0.39 is 0 Å². The first kappa shape index (κ1) is 25.0. The monoisotopic (exact) mass is 333 g/mol. The molecule has 0 bridgehead atoms. The molecule has 0 fully saturated rings. The second-order valence-electron chi connectivity index (χ2n) is 7.42. The lowest BCUT2D eigenvalue weighted by Crippen LogP contribution is -2.42. The van der Waals surface area contributed by atoms with E-state index in [0.717, 1.165) is 12.8 Å². The molecule has 0 rings (SSSR count). The van der Waals surface area contributed by atoms with Gasteiger partial charge in [-0.05, 0) is 82.8 Å². The third kappa shape index (κ3) is 12.8. The molecule has 2 atom stereocenters. The third-order valence-electron chi connectivity index (χ3n) is 4.11. The summed E-state index contributed by atoms with van der Waals surface area (Å²) in [5.74, 6) is 0. The maximum atomic E-state index is 5.92. The average Bonchev–Trinajstić information content (AvgIpc) is 2.45. The summed E-state index contributed by atoms with van der Waals surface area (Å²) in [5, 5.41) is 0. The first-order valence-electron chi connectivity index (χ1n) is 8.70. The summed E-state index contributed by atoms with van der Waals surface area (Å²) in [5.41, 5.74) is -0.137. The highest BCUT2D eigenvalue weighted by Gasteiger charge is 2.24. The lowest BCUT2D eigenvalue weighted by molar-refractivity contribution is -0.271. The van der Waals surface area contributed by atoms with E-state index in [4.69, 9.17) is 9.47 Å². The van der Waals surface area contributed by atoms with Gasteiger partial charge in [0.05, 0.1) is 17.9 Å². The number of nitrogens with zero attached hydrogens (tertiary/aromatic N) is 3. The summed E-state index contributed by atoms with van der Waals surface area (Å²) in [6, 6.07) is 0. The SMILES string of the molecule is CC(N(C)C)N(C)C.CCC(C)OC(OC(C)(C)CC)N(C)C. The van der Waals surface area contributed by atoms with E-state index in [9.17, 15) is 0 Å². The summed E-state index contributed by atoms with van der Waals surface area (Å²) in [6.07, 6.45) is 2.48. The van der Waals surface area contributed by atoms with Gasteiger partial charge in [-0.1, -0.05) is 13.8 Å². The van der Waals surface area contributed by atoms with Gasteiger partial charge in [-0.25, -0.2) is 0 Å². The van der Waals surface area contributed by atoms with E-state index in [0.29, 0.717) is 6.17 Å². The van der Waals surface area contributed by atoms with Gasteiger partial charge < -0.3 is 9.47 Å². The van der Waals surface area contributed by atoms with Crippen LogP contribution in [0.4, 0.5) is 0 Å². The molecule has 0 N–H and O–H groups in total. The Morgan fingerprint density at radius 1 is 0.826 bits per heavy atom. The summed E-state index contributed by atoms with van der Waals surface area (Å²) >= 11 is 0. The lowest BCUT2D eigenvalue weighted by Gasteiger charge is -2.34. The van der Waals surface area contributed by atoms with Crippen LogP contribution in [-0.2, 0) is 9.47 Å². The van der Waals surface area contributed by atoms with Crippen LogP contribution in [0.1, 0.15) is 54.4 Å². The van der Waals surface area contributed by atoms with Crippen LogP contribution in [0.3, 0.4) is 0 Å². The second-order valence-corrected chi connectivity index (χ2v) is 7.42. The Bertz CT molecular complexity index is 273. The molecule has 0 aliphatic rings. The smallest absolute Gasteiger partial charge is 0.218 e. The van der Waals surface area contributed by atoms with Crippen LogP contribution in [0.5, 0.6) is 0 Å². The van der Waals surface area contributed by atoms with Crippen molar-refractivity contribution in [2.45, 2.75) is 78.7 Å². The molecule has 0 heterocycles. The van der Waals surface area contributed by atoms with Crippen molar-refractivity contribution < 1.29 is 9.47 Å². The summed E-state index contributed by atoms with van der Waals surface area (Å²) < 4.78 is 11.7. The van der Waals surface area contributed by atoms with Crippen molar-refractivity contribution in [3.05, 3.63) is 0 Å². The van der Waals surface area contributed by atoms with Crippen LogP contribution in [0.25, 0.3) is 0 Å². The Kier molecular flexibility index (Phi) is 13.3. The first-order valence-corrected chi connectivity index (χ1v) is 8.70. The van der Waals surface area contributed by atoms with Crippen molar-refractivity contribution in [3.63, 3.8) is 0 Å². The minimum atomic E-state index is -0.255. The Morgan fingerprint density at radius 3 is 1.48 bits per heavy atom. The number of hydrogen-bond donors (Lipinski definition) is 0. The van der Waals surface area contributed by atoms with Gasteiger partial charge in [-0.15, -0.1) is 0 Å². The molecule has 0 radical (unpaired) electrons. The van der Waals surface area contributed by atoms with Crippen molar-refractivity contribution in [1.29, 1.82) is 0 Å². The van der Waals surface area contributed by atoms with Crippen LogP contribution in [0, 0.1) is 0 Å². The molecule has 0 spiro atoms. The maximum absolute atomic E-state index is 5.92. The number of rotatable bonds is 9. The van der Waals surface area contributed by atoms with E-state index >= 15 is 0 Å². The minimum Gasteiger partial charge on any atom is -0.337 e. The highest BCUT2D eigenvalue weighted by Crippen LogP contribution is 2.19. The van der Waals surface area contributed by atoms with E-state index in [2.05, 4.69) is 79.5 Å². The molecule has 0 saturated heterocycles. The highest BCUT2D eigenvalue weighted by atomic mass is 16.7. The molecule has 0 aliphatic heterocycles. The molecule has 0 aromatic carbocycles. The van der Waals surface area contributed by atoms with Gasteiger partial charge in [0.25, 0.3) is 0 Å². The Balaban J connectivity index is 0. The first-order chi connectivity index (χ1) is 10.4. The molecule has 0 amide bonds. The van der Waals surface area contributed by atoms with Crippen LogP contribution < -0.4 is 0 Å². The molecule has 0 aromatic rings. The second kappa shape index (κ2) is 12.2. The van der Waals surface area contributed by atoms with E-state index in [1.165, 1.54) is 0 Å². The fourth-order valence-electron chi connectivity index (χ4n) is 1.37. The van der Waals surface area contributed by atoms with Crippen LogP contribution in [0.2, 0.25) is 0 Å². The van der Waals surface area contributed by atoms with Gasteiger partial charge in [0, 0.05) is 0 Å². The molecule has 0 aliphatic carbocycles. The van der Waals surface area contributed by atoms with Gasteiger partial charge in [0.1, 0.15) is 0 Å². The van der Waals surface area contributed by atoms with E-state index in [1.54, 1.807) is 0 Å². The molecular formula is C18H43N3O2. The standard InChI is InChI=1S/C12H27NO2.C6H16N2/c1-8-10(3)14-11(13(6)7)15-12(4,5)9-2;1-6(7(2)3)8(4)5/h10-11H,8-9H2,1-7H3;6H,1-5H3. The van der Waals surface area contributed by atoms with Gasteiger partial charge >= 0.3 is 0 Å². The zero-order chi connectivity index (χ0) is 18.8. The third-order valence-corrected chi connectivity index (χ3v) is 4.11. The van der Waals surface area contributed by atoms with Crippen molar-refractivity contribution >= 4 is 0 Å². The normalized spacial score (nSPS) is 15.1. The largest absolute Gasteiger partial charge is 0.337 e. The Hall–Kier alpha value is -0.200. The molecule has 5 heteroatoms. The summed E-state index contributed by atoms with van der Waals surface area (Å²) in [4.78, 5) is 6.30.